The molecule has 4 N–H and O–H groups in total. The second kappa shape index (κ2) is 10.5. The molecule has 0 aliphatic carbocycles. The van der Waals surface area contributed by atoms with Crippen LogP contribution < -0.4 is 10.6 Å². The number of azo groups is 1. The van der Waals surface area contributed by atoms with Crippen LogP contribution in [0.5, 0.6) is 5.88 Å². The average molecular weight is 499 g/mol. The Morgan fingerprint density at radius 1 is 0.892 bits per heavy atom. The second-order valence-corrected chi connectivity index (χ2v) is 8.03. The van der Waals surface area contributed by atoms with Gasteiger partial charge in [0.05, 0.1) is 11.1 Å². The summed E-state index contributed by atoms with van der Waals surface area (Å²) >= 11 is 0. The van der Waals surface area contributed by atoms with E-state index in [1.54, 1.807) is 36.4 Å². The molecule has 11 heteroatoms. The molecule has 4 aromatic rings. The molecule has 0 atom stereocenters. The van der Waals surface area contributed by atoms with Gasteiger partial charge in [-0.05, 0) is 43.3 Å². The van der Waals surface area contributed by atoms with Gasteiger partial charge in [-0.2, -0.15) is 0 Å². The Labute approximate surface area is 210 Å². The Balaban J connectivity index is 1.53. The standard InChI is InChI=1S/C26H21N5O6/c1-15-9-11-17(12-10-15)27-21(32)14-31-20-8-3-2-7-19(20)22(25(31)35)29-30-24(34)23(33)28-18-6-4-5-16(13-18)26(36)37/h2-13,35H,14H2,1H3,(H,27,32)(H,28,33)(H,36,37). The number of amides is 3. The van der Waals surface area contributed by atoms with Gasteiger partial charge in [0.25, 0.3) is 0 Å². The second-order valence-electron chi connectivity index (χ2n) is 8.03. The van der Waals surface area contributed by atoms with Crippen molar-refractivity contribution in [2.24, 2.45) is 10.2 Å². The normalized spacial score (nSPS) is 10.9. The zero-order chi connectivity index (χ0) is 26.5. The van der Waals surface area contributed by atoms with E-state index in [0.29, 0.717) is 16.6 Å². The van der Waals surface area contributed by atoms with E-state index in [4.69, 9.17) is 5.11 Å². The van der Waals surface area contributed by atoms with E-state index in [0.717, 1.165) is 5.56 Å². The molecule has 37 heavy (non-hydrogen) atoms. The molecule has 0 saturated carbocycles. The van der Waals surface area contributed by atoms with E-state index >= 15 is 0 Å². The van der Waals surface area contributed by atoms with Crippen LogP contribution in [0.2, 0.25) is 0 Å². The first-order chi connectivity index (χ1) is 17.7. The van der Waals surface area contributed by atoms with Crippen molar-refractivity contribution in [1.82, 2.24) is 4.57 Å². The molecule has 186 valence electrons. The van der Waals surface area contributed by atoms with Crippen molar-refractivity contribution in [3.05, 3.63) is 83.9 Å². The molecular formula is C26H21N5O6. The molecule has 0 saturated heterocycles. The maximum atomic E-state index is 12.6. The summed E-state index contributed by atoms with van der Waals surface area (Å²) < 4.78 is 1.31. The van der Waals surface area contributed by atoms with Crippen molar-refractivity contribution in [2.45, 2.75) is 13.5 Å². The Kier molecular flexibility index (Phi) is 7.05. The maximum absolute atomic E-state index is 12.6. The number of aromatic carboxylic acids is 1. The quantitative estimate of drug-likeness (QED) is 0.229. The summed E-state index contributed by atoms with van der Waals surface area (Å²) in [4.78, 5) is 48.2. The lowest BCUT2D eigenvalue weighted by Crippen LogP contribution is -2.20. The number of carboxylic acid groups (broad SMARTS) is 1. The number of carbonyl (C=O) groups excluding carboxylic acids is 3. The smallest absolute Gasteiger partial charge is 0.353 e. The van der Waals surface area contributed by atoms with Crippen LogP contribution in [0.4, 0.5) is 17.1 Å². The monoisotopic (exact) mass is 499 g/mol. The Morgan fingerprint density at radius 2 is 1.62 bits per heavy atom. The molecule has 0 fully saturated rings. The minimum Gasteiger partial charge on any atom is -0.493 e. The molecule has 0 bridgehead atoms. The van der Waals surface area contributed by atoms with Crippen molar-refractivity contribution in [3.8, 4) is 5.88 Å². The fourth-order valence-corrected chi connectivity index (χ4v) is 3.57. The van der Waals surface area contributed by atoms with Gasteiger partial charge in [-0.25, -0.2) is 4.79 Å². The summed E-state index contributed by atoms with van der Waals surface area (Å²) in [6, 6.07) is 19.2. The number of carboxylic acids is 1. The fraction of sp³-hybridized carbons (Fsp3) is 0.0769. The van der Waals surface area contributed by atoms with Gasteiger partial charge in [-0.15, -0.1) is 10.2 Å². The van der Waals surface area contributed by atoms with Crippen LogP contribution in [0.15, 0.2) is 83.0 Å². The lowest BCUT2D eigenvalue weighted by atomic mass is 10.2. The predicted molar refractivity (Wildman–Crippen MR) is 135 cm³/mol. The van der Waals surface area contributed by atoms with E-state index < -0.39 is 29.6 Å². The number of benzene rings is 3. The molecular weight excluding hydrogens is 478 g/mol. The van der Waals surface area contributed by atoms with Crippen LogP contribution in [-0.2, 0) is 20.9 Å². The Morgan fingerprint density at radius 3 is 2.35 bits per heavy atom. The summed E-state index contributed by atoms with van der Waals surface area (Å²) in [6.07, 6.45) is 0. The van der Waals surface area contributed by atoms with Crippen molar-refractivity contribution in [3.63, 3.8) is 0 Å². The van der Waals surface area contributed by atoms with Gasteiger partial charge in [0.15, 0.2) is 5.69 Å². The van der Waals surface area contributed by atoms with Gasteiger partial charge in [0.2, 0.25) is 11.8 Å². The van der Waals surface area contributed by atoms with E-state index in [-0.39, 0.29) is 23.5 Å². The third kappa shape index (κ3) is 5.68. The van der Waals surface area contributed by atoms with E-state index in [1.807, 2.05) is 19.1 Å². The van der Waals surface area contributed by atoms with Gasteiger partial charge in [0.1, 0.15) is 6.54 Å². The summed E-state index contributed by atoms with van der Waals surface area (Å²) in [5, 5.41) is 32.5. The topological polar surface area (TPSA) is 162 Å². The number of para-hydroxylation sites is 1. The van der Waals surface area contributed by atoms with E-state index in [1.165, 1.54) is 28.8 Å². The molecule has 1 aromatic heterocycles. The molecule has 0 spiro atoms. The largest absolute Gasteiger partial charge is 0.493 e. The highest BCUT2D eigenvalue weighted by molar-refractivity contribution is 6.40. The summed E-state index contributed by atoms with van der Waals surface area (Å²) in [6.45, 7) is 1.68. The number of carbonyl (C=O) groups is 4. The first kappa shape index (κ1) is 24.8. The fourth-order valence-electron chi connectivity index (χ4n) is 3.57. The molecule has 0 aliphatic heterocycles. The minimum absolute atomic E-state index is 0.0731. The molecule has 3 amide bonds. The van der Waals surface area contributed by atoms with Gasteiger partial charge in [-0.3, -0.25) is 14.4 Å². The number of nitrogens with one attached hydrogen (secondary N) is 2. The number of rotatable bonds is 6. The third-order valence-corrected chi connectivity index (χ3v) is 5.36. The Hall–Kier alpha value is -5.32. The number of aryl methyl sites for hydroxylation is 1. The Bertz CT molecular complexity index is 1560. The van der Waals surface area contributed by atoms with Crippen LogP contribution >= 0.6 is 0 Å². The average Bonchev–Trinajstić information content (AvgIpc) is 3.14. The molecule has 4 rings (SSSR count). The van der Waals surface area contributed by atoms with Gasteiger partial charge in [0, 0.05) is 16.8 Å². The van der Waals surface area contributed by atoms with Crippen molar-refractivity contribution in [2.75, 3.05) is 10.6 Å². The molecule has 3 aromatic carbocycles. The molecule has 11 nitrogen and oxygen atoms in total. The highest BCUT2D eigenvalue weighted by Gasteiger charge is 2.20. The number of nitrogens with zero attached hydrogens (tertiary/aromatic N) is 3. The maximum Gasteiger partial charge on any atom is 0.353 e. The van der Waals surface area contributed by atoms with Crippen LogP contribution in [-0.4, -0.2) is 38.5 Å². The van der Waals surface area contributed by atoms with Crippen LogP contribution in [0.3, 0.4) is 0 Å². The number of anilines is 2. The summed E-state index contributed by atoms with van der Waals surface area (Å²) in [7, 11) is 0. The first-order valence-electron chi connectivity index (χ1n) is 11.0. The summed E-state index contributed by atoms with van der Waals surface area (Å²) in [5.41, 5.74) is 2.03. The molecule has 0 aliphatic rings. The SMILES string of the molecule is Cc1ccc(NC(=O)Cn2c(O)c(N=NC(=O)C(=O)Nc3cccc(C(=O)O)c3)c3ccccc32)cc1. The van der Waals surface area contributed by atoms with E-state index in [9.17, 15) is 24.3 Å². The predicted octanol–water partition coefficient (Wildman–Crippen LogP) is 4.24. The molecule has 0 radical (unpaired) electrons. The lowest BCUT2D eigenvalue weighted by Gasteiger charge is -2.08. The van der Waals surface area contributed by atoms with Crippen LogP contribution in [0, 0.1) is 6.92 Å². The van der Waals surface area contributed by atoms with Crippen molar-refractivity contribution < 1.29 is 29.4 Å². The van der Waals surface area contributed by atoms with Crippen molar-refractivity contribution >= 4 is 51.7 Å². The van der Waals surface area contributed by atoms with Crippen molar-refractivity contribution in [1.29, 1.82) is 0 Å². The summed E-state index contributed by atoms with van der Waals surface area (Å²) in [5.74, 6) is -4.42. The highest BCUT2D eigenvalue weighted by Crippen LogP contribution is 2.38. The zero-order valence-electron chi connectivity index (χ0n) is 19.5. The molecule has 1 heterocycles. The van der Waals surface area contributed by atoms with Gasteiger partial charge in [-0.1, -0.05) is 42.0 Å². The minimum atomic E-state index is -1.27. The number of hydrogen-bond donors (Lipinski definition) is 4. The highest BCUT2D eigenvalue weighted by atomic mass is 16.4. The first-order valence-corrected chi connectivity index (χ1v) is 11.0. The zero-order valence-corrected chi connectivity index (χ0v) is 19.5. The number of aromatic hydroxyl groups is 1. The third-order valence-electron chi connectivity index (χ3n) is 5.36. The van der Waals surface area contributed by atoms with Gasteiger partial charge >= 0.3 is 17.8 Å². The van der Waals surface area contributed by atoms with E-state index in [2.05, 4.69) is 20.9 Å². The number of fused-ring (bicyclic) bond motifs is 1. The number of aromatic nitrogens is 1. The van der Waals surface area contributed by atoms with Gasteiger partial charge < -0.3 is 25.4 Å². The van der Waals surface area contributed by atoms with Crippen LogP contribution in [0.1, 0.15) is 15.9 Å². The number of hydrogen-bond acceptors (Lipinski definition) is 6. The van der Waals surface area contributed by atoms with Crippen LogP contribution in [0.25, 0.3) is 10.9 Å². The molecule has 0 unspecified atom stereocenters. The lowest BCUT2D eigenvalue weighted by molar-refractivity contribution is -0.134.